The molecule has 3 aliphatic carbocycles. The second kappa shape index (κ2) is 14.8. The Morgan fingerprint density at radius 2 is 1.76 bits per heavy atom. The third-order valence-electron chi connectivity index (χ3n) is 12.3. The lowest BCUT2D eigenvalue weighted by atomic mass is 9.83. The van der Waals surface area contributed by atoms with Gasteiger partial charge in [0.2, 0.25) is 21.8 Å². The summed E-state index contributed by atoms with van der Waals surface area (Å²) >= 11 is 0. The molecule has 5 amide bonds. The number of nitrogens with zero attached hydrogens (tertiary/aromatic N) is 2. The first-order chi connectivity index (χ1) is 25.7. The molecule has 5 unspecified atom stereocenters. The van der Waals surface area contributed by atoms with E-state index in [1.165, 1.54) is 11.0 Å². The van der Waals surface area contributed by atoms with Crippen LogP contribution in [0.25, 0.3) is 0 Å². The van der Waals surface area contributed by atoms with Crippen molar-refractivity contribution in [1.82, 2.24) is 25.2 Å². The highest BCUT2D eigenvalue weighted by molar-refractivity contribution is 7.91. The normalized spacial score (nSPS) is 30.5. The zero-order valence-electron chi connectivity index (χ0n) is 31.3. The molecule has 3 heterocycles. The lowest BCUT2D eigenvalue weighted by Crippen LogP contribution is -2.59. The summed E-state index contributed by atoms with van der Waals surface area (Å²) in [6, 6.07) is 3.90. The fourth-order valence-corrected chi connectivity index (χ4v) is 10.1. The van der Waals surface area contributed by atoms with Crippen molar-refractivity contribution in [3.8, 4) is 0 Å². The maximum Gasteiger partial charge on any atom is 0.410 e. The number of hydrogen-bond donors (Lipinski definition) is 3. The number of rotatable bonds is 7. The molecule has 15 heteroatoms. The van der Waals surface area contributed by atoms with E-state index in [4.69, 9.17) is 9.47 Å². The average Bonchev–Trinajstić information content (AvgIpc) is 4.03. The molecule has 6 aliphatic rings. The number of alkyl carbamates (subject to hydrolysis) is 1. The Labute approximate surface area is 317 Å². The molecular formula is C39H53N5O9S. The smallest absolute Gasteiger partial charge is 0.410 e. The van der Waals surface area contributed by atoms with E-state index >= 15 is 0 Å². The minimum absolute atomic E-state index is 0.0534. The molecule has 3 saturated carbocycles. The number of benzene rings is 1. The highest BCUT2D eigenvalue weighted by Crippen LogP contribution is 2.45. The van der Waals surface area contributed by atoms with Crippen molar-refractivity contribution in [2.45, 2.75) is 133 Å². The van der Waals surface area contributed by atoms with E-state index in [1.807, 2.05) is 26.0 Å². The first-order valence-electron chi connectivity index (χ1n) is 19.5. The van der Waals surface area contributed by atoms with Gasteiger partial charge in [-0.1, -0.05) is 57.4 Å². The van der Waals surface area contributed by atoms with Gasteiger partial charge in [-0.2, -0.15) is 0 Å². The lowest BCUT2D eigenvalue weighted by Gasteiger charge is -2.35. The summed E-state index contributed by atoms with van der Waals surface area (Å²) in [5.74, 6) is -2.77. The quantitative estimate of drug-likeness (QED) is 0.348. The maximum absolute atomic E-state index is 14.7. The van der Waals surface area contributed by atoms with Crippen LogP contribution < -0.4 is 15.4 Å². The number of ether oxygens (including phenoxy) is 2. The van der Waals surface area contributed by atoms with Crippen LogP contribution in [0.4, 0.5) is 9.59 Å². The van der Waals surface area contributed by atoms with Gasteiger partial charge in [-0.3, -0.25) is 24.0 Å². The minimum atomic E-state index is -3.90. The highest BCUT2D eigenvalue weighted by Gasteiger charge is 2.62. The number of aryl methyl sites for hydroxylation is 1. The Bertz CT molecular complexity index is 1810. The van der Waals surface area contributed by atoms with Crippen molar-refractivity contribution < 1.29 is 41.9 Å². The zero-order chi connectivity index (χ0) is 38.4. The van der Waals surface area contributed by atoms with Gasteiger partial charge in [-0.25, -0.2) is 18.0 Å². The van der Waals surface area contributed by atoms with Crippen LogP contribution in [0.3, 0.4) is 0 Å². The minimum Gasteiger partial charge on any atom is -0.449 e. The predicted molar refractivity (Wildman–Crippen MR) is 197 cm³/mol. The van der Waals surface area contributed by atoms with E-state index in [0.717, 1.165) is 55.2 Å². The summed E-state index contributed by atoms with van der Waals surface area (Å²) in [6.07, 6.45) is 6.96. The molecule has 294 valence electrons. The van der Waals surface area contributed by atoms with E-state index in [0.29, 0.717) is 38.8 Å². The van der Waals surface area contributed by atoms with Gasteiger partial charge in [-0.05, 0) is 79.4 Å². The van der Waals surface area contributed by atoms with Crippen LogP contribution in [0, 0.1) is 17.3 Å². The van der Waals surface area contributed by atoms with E-state index in [-0.39, 0.29) is 37.3 Å². The first kappa shape index (κ1) is 38.1. The predicted octanol–water partition coefficient (Wildman–Crippen LogP) is 3.82. The molecule has 1 aromatic carbocycles. The van der Waals surface area contributed by atoms with E-state index in [1.54, 1.807) is 4.90 Å². The van der Waals surface area contributed by atoms with Gasteiger partial charge < -0.3 is 25.0 Å². The van der Waals surface area contributed by atoms with Crippen molar-refractivity contribution >= 4 is 39.9 Å². The van der Waals surface area contributed by atoms with Crippen LogP contribution in [0.2, 0.25) is 0 Å². The molecule has 3 aliphatic heterocycles. The van der Waals surface area contributed by atoms with Gasteiger partial charge in [0.25, 0.3) is 5.91 Å². The second-order valence-corrected chi connectivity index (χ2v) is 18.9. The molecule has 7 rings (SSSR count). The van der Waals surface area contributed by atoms with Crippen LogP contribution >= 0.6 is 0 Å². The van der Waals surface area contributed by atoms with E-state index < -0.39 is 74.8 Å². The molecular weight excluding hydrogens is 715 g/mol. The number of cyclic esters (lactones) is 1. The summed E-state index contributed by atoms with van der Waals surface area (Å²) in [5, 5.41) is 5.00. The van der Waals surface area contributed by atoms with Gasteiger partial charge in [0.05, 0.1) is 18.4 Å². The second-order valence-electron chi connectivity index (χ2n) is 17.0. The Kier molecular flexibility index (Phi) is 10.5. The monoisotopic (exact) mass is 767 g/mol. The molecule has 5 atom stereocenters. The summed E-state index contributed by atoms with van der Waals surface area (Å²) in [4.78, 5) is 72.6. The third-order valence-corrected chi connectivity index (χ3v) is 14.1. The molecule has 4 fully saturated rings. The van der Waals surface area contributed by atoms with Crippen molar-refractivity contribution in [3.05, 3.63) is 47.5 Å². The number of fused-ring (bicyclic) bond motifs is 3. The molecule has 14 nitrogen and oxygen atoms in total. The lowest BCUT2D eigenvalue weighted by molar-refractivity contribution is -0.142. The molecule has 0 radical (unpaired) electrons. The highest BCUT2D eigenvalue weighted by atomic mass is 32.2. The van der Waals surface area contributed by atoms with Crippen molar-refractivity contribution in [1.29, 1.82) is 0 Å². The van der Waals surface area contributed by atoms with Crippen molar-refractivity contribution in [3.63, 3.8) is 0 Å². The van der Waals surface area contributed by atoms with Gasteiger partial charge >= 0.3 is 12.2 Å². The Morgan fingerprint density at radius 3 is 2.46 bits per heavy atom. The average molecular weight is 768 g/mol. The topological polar surface area (TPSA) is 181 Å². The van der Waals surface area contributed by atoms with Gasteiger partial charge in [0.15, 0.2) is 0 Å². The molecule has 0 aromatic heterocycles. The maximum atomic E-state index is 14.7. The molecule has 4 bridgehead atoms. The SMILES string of the molecule is C=CC1CC1(NC(=O)C1CC2CN1C(=O)C(C1CCCCC1)NC(=O)OCC(C)(C)CCCc1cccc3c1CN(C3)C(=O)O2)C(=O)NS(=O)(=O)C1CC1. The number of sulfonamides is 1. The van der Waals surface area contributed by atoms with E-state index in [2.05, 4.69) is 28.0 Å². The summed E-state index contributed by atoms with van der Waals surface area (Å²) < 4.78 is 39.4. The number of nitrogens with one attached hydrogen (secondary N) is 3. The standard InChI is InChI=1S/C39H53N5O9S/c1-4-27-19-39(27,35(47)42-54(50,51)29-15-16-29)41-33(45)31-18-28-21-44(31)34(46)32(25-10-6-5-7-11-25)40-36(48)52-23-38(2,3)17-9-14-24-12-8-13-26-20-43(22-30(24)26)37(49)53-28/h4,8,12-13,25,27-29,31-32H,1,5-7,9-11,14-23H2,2-3H3,(H,40,48)(H,41,45)(H,42,47). The van der Waals surface area contributed by atoms with E-state index in [9.17, 15) is 32.4 Å². The fourth-order valence-electron chi connectivity index (χ4n) is 8.75. The van der Waals surface area contributed by atoms with Crippen molar-refractivity contribution in [2.75, 3.05) is 13.2 Å². The van der Waals surface area contributed by atoms with Crippen LogP contribution in [-0.2, 0) is 53.4 Å². The molecule has 0 spiro atoms. The molecule has 1 aromatic rings. The Morgan fingerprint density at radius 1 is 1.02 bits per heavy atom. The number of carbonyl (C=O) groups excluding carboxylic acids is 5. The largest absolute Gasteiger partial charge is 0.449 e. The third kappa shape index (κ3) is 7.97. The molecule has 54 heavy (non-hydrogen) atoms. The Hall–Kier alpha value is -4.14. The first-order valence-corrected chi connectivity index (χ1v) is 21.0. The van der Waals surface area contributed by atoms with Crippen LogP contribution in [0.5, 0.6) is 0 Å². The van der Waals surface area contributed by atoms with Gasteiger partial charge in [0, 0.05) is 25.4 Å². The molecule has 3 N–H and O–H groups in total. The summed E-state index contributed by atoms with van der Waals surface area (Å²) in [5.41, 5.74) is 1.38. The van der Waals surface area contributed by atoms with Crippen LogP contribution in [-0.4, -0.2) is 90.3 Å². The number of hydrogen-bond acceptors (Lipinski definition) is 9. The van der Waals surface area contributed by atoms with Gasteiger partial charge in [0.1, 0.15) is 23.7 Å². The summed E-state index contributed by atoms with van der Waals surface area (Å²) in [6.45, 7) is 8.65. The van der Waals surface area contributed by atoms with Crippen molar-refractivity contribution in [2.24, 2.45) is 17.3 Å². The number of carbonyl (C=O) groups is 5. The zero-order valence-corrected chi connectivity index (χ0v) is 32.1. The van der Waals surface area contributed by atoms with Crippen LogP contribution in [0.15, 0.2) is 30.9 Å². The van der Waals surface area contributed by atoms with Crippen LogP contribution in [0.1, 0.15) is 101 Å². The van der Waals surface area contributed by atoms with Gasteiger partial charge in [-0.15, -0.1) is 6.58 Å². The summed E-state index contributed by atoms with van der Waals surface area (Å²) in [7, 11) is -3.90. The fraction of sp³-hybridized carbons (Fsp3) is 0.667. The Balaban J connectivity index is 1.17. The molecule has 1 saturated heterocycles. The number of amides is 5.